The standard InChI is InChI=1S/C11H16N4O5/c1-11(2,3)20-10(16)12-4-7-5-14-6-8(15(17)18)13-9(14)19-7/h6-7H,4-5H2,1-3H3,(H,12,16). The Morgan fingerprint density at radius 1 is 1.70 bits per heavy atom. The summed E-state index contributed by atoms with van der Waals surface area (Å²) in [5.74, 6) is -0.251. The Hall–Kier alpha value is -2.32. The van der Waals surface area contributed by atoms with Crippen molar-refractivity contribution in [2.24, 2.45) is 0 Å². The molecule has 1 aromatic heterocycles. The van der Waals surface area contributed by atoms with Gasteiger partial charge in [-0.15, -0.1) is 0 Å². The van der Waals surface area contributed by atoms with Crippen LogP contribution in [0.15, 0.2) is 6.20 Å². The number of ether oxygens (including phenoxy) is 2. The van der Waals surface area contributed by atoms with E-state index in [1.54, 1.807) is 25.3 Å². The van der Waals surface area contributed by atoms with Crippen molar-refractivity contribution >= 4 is 11.9 Å². The normalized spacial score (nSPS) is 17.2. The first-order valence-corrected chi connectivity index (χ1v) is 6.09. The van der Waals surface area contributed by atoms with E-state index in [0.717, 1.165) is 0 Å². The van der Waals surface area contributed by atoms with Crippen LogP contribution in [0.25, 0.3) is 0 Å². The van der Waals surface area contributed by atoms with Crippen LogP contribution in [0, 0.1) is 10.1 Å². The molecule has 0 spiro atoms. The summed E-state index contributed by atoms with van der Waals surface area (Å²) >= 11 is 0. The van der Waals surface area contributed by atoms with Gasteiger partial charge in [-0.1, -0.05) is 0 Å². The van der Waals surface area contributed by atoms with E-state index in [9.17, 15) is 14.9 Å². The third-order valence-electron chi connectivity index (χ3n) is 2.46. The van der Waals surface area contributed by atoms with E-state index in [1.807, 2.05) is 0 Å². The van der Waals surface area contributed by atoms with E-state index in [0.29, 0.717) is 6.54 Å². The smallest absolute Gasteiger partial charge is 0.414 e. The fourth-order valence-corrected chi connectivity index (χ4v) is 1.72. The Kier molecular flexibility index (Phi) is 3.51. The number of carbonyl (C=O) groups is 1. The molecule has 2 heterocycles. The van der Waals surface area contributed by atoms with Crippen LogP contribution < -0.4 is 10.1 Å². The number of carbonyl (C=O) groups excluding carboxylic acids is 1. The quantitative estimate of drug-likeness (QED) is 0.657. The molecule has 0 saturated carbocycles. The number of hydrogen-bond donors (Lipinski definition) is 1. The summed E-state index contributed by atoms with van der Waals surface area (Å²) < 4.78 is 12.0. The molecule has 1 aliphatic rings. The number of rotatable bonds is 3. The number of nitrogens with one attached hydrogen (secondary N) is 1. The first kappa shape index (κ1) is 14.1. The Balaban J connectivity index is 1.82. The van der Waals surface area contributed by atoms with Gasteiger partial charge in [0.05, 0.1) is 13.1 Å². The van der Waals surface area contributed by atoms with E-state index < -0.39 is 16.6 Å². The maximum atomic E-state index is 11.5. The molecule has 1 aliphatic heterocycles. The van der Waals surface area contributed by atoms with Crippen LogP contribution in [0.3, 0.4) is 0 Å². The Labute approximate surface area is 115 Å². The summed E-state index contributed by atoms with van der Waals surface area (Å²) in [6.07, 6.45) is 0.463. The Bertz CT molecular complexity index is 510. The highest BCUT2D eigenvalue weighted by Gasteiger charge is 2.31. The number of nitro groups is 1. The van der Waals surface area contributed by atoms with Gasteiger partial charge in [-0.05, 0) is 25.7 Å². The molecule has 1 amide bonds. The number of alkyl carbamates (subject to hydrolysis) is 1. The molecule has 0 bridgehead atoms. The van der Waals surface area contributed by atoms with E-state index in [4.69, 9.17) is 9.47 Å². The molecule has 2 rings (SSSR count). The lowest BCUT2D eigenvalue weighted by Gasteiger charge is -2.20. The van der Waals surface area contributed by atoms with Crippen molar-refractivity contribution in [3.05, 3.63) is 16.3 Å². The third kappa shape index (κ3) is 3.37. The first-order valence-electron chi connectivity index (χ1n) is 6.09. The van der Waals surface area contributed by atoms with Crippen LogP contribution in [0.2, 0.25) is 0 Å². The molecule has 0 aromatic carbocycles. The number of fused-ring (bicyclic) bond motifs is 1. The molecule has 0 fully saturated rings. The lowest BCUT2D eigenvalue weighted by molar-refractivity contribution is -0.389. The Morgan fingerprint density at radius 2 is 2.40 bits per heavy atom. The van der Waals surface area contributed by atoms with Gasteiger partial charge in [0.1, 0.15) is 17.9 Å². The fourth-order valence-electron chi connectivity index (χ4n) is 1.72. The zero-order chi connectivity index (χ0) is 14.9. The highest BCUT2D eigenvalue weighted by atomic mass is 16.6. The lowest BCUT2D eigenvalue weighted by atomic mass is 10.2. The van der Waals surface area contributed by atoms with Crippen LogP contribution in [0.4, 0.5) is 10.6 Å². The summed E-state index contributed by atoms with van der Waals surface area (Å²) in [5, 5.41) is 13.1. The molecule has 9 nitrogen and oxygen atoms in total. The monoisotopic (exact) mass is 284 g/mol. The Morgan fingerprint density at radius 3 is 2.95 bits per heavy atom. The van der Waals surface area contributed by atoms with Crippen LogP contribution in [0.1, 0.15) is 20.8 Å². The van der Waals surface area contributed by atoms with E-state index >= 15 is 0 Å². The second kappa shape index (κ2) is 4.99. The van der Waals surface area contributed by atoms with Crippen molar-refractivity contribution in [1.29, 1.82) is 0 Å². The van der Waals surface area contributed by atoms with Crippen LogP contribution in [-0.2, 0) is 11.3 Å². The van der Waals surface area contributed by atoms with Crippen molar-refractivity contribution < 1.29 is 19.2 Å². The van der Waals surface area contributed by atoms with E-state index in [1.165, 1.54) is 6.20 Å². The van der Waals surface area contributed by atoms with Gasteiger partial charge >= 0.3 is 17.9 Å². The fraction of sp³-hybridized carbons (Fsp3) is 0.636. The highest BCUT2D eigenvalue weighted by Crippen LogP contribution is 2.24. The van der Waals surface area contributed by atoms with E-state index in [2.05, 4.69) is 10.3 Å². The van der Waals surface area contributed by atoms with E-state index in [-0.39, 0.29) is 24.5 Å². The lowest BCUT2D eigenvalue weighted by Crippen LogP contribution is -2.38. The second-order valence-electron chi connectivity index (χ2n) is 5.41. The minimum Gasteiger partial charge on any atom is -0.444 e. The average molecular weight is 284 g/mol. The van der Waals surface area contributed by atoms with Gasteiger partial charge in [-0.2, -0.15) is 0 Å². The maximum Gasteiger partial charge on any atom is 0.414 e. The minimum absolute atomic E-state index is 0.188. The number of imidazole rings is 1. The number of amides is 1. The van der Waals surface area contributed by atoms with Gasteiger partial charge in [0.15, 0.2) is 0 Å². The van der Waals surface area contributed by atoms with Crippen molar-refractivity contribution in [2.75, 3.05) is 6.54 Å². The summed E-state index contributed by atoms with van der Waals surface area (Å²) in [5.41, 5.74) is -0.561. The molecular formula is C11H16N4O5. The van der Waals surface area contributed by atoms with Crippen molar-refractivity contribution in [3.63, 3.8) is 0 Å². The molecule has 0 saturated heterocycles. The molecule has 9 heteroatoms. The number of aromatic nitrogens is 2. The van der Waals surface area contributed by atoms with Crippen molar-refractivity contribution in [3.8, 4) is 6.01 Å². The largest absolute Gasteiger partial charge is 0.444 e. The molecule has 110 valence electrons. The highest BCUT2D eigenvalue weighted by molar-refractivity contribution is 5.67. The van der Waals surface area contributed by atoms with Gasteiger partial charge < -0.3 is 24.9 Å². The molecule has 20 heavy (non-hydrogen) atoms. The minimum atomic E-state index is -0.581. The maximum absolute atomic E-state index is 11.5. The van der Waals surface area contributed by atoms with Gasteiger partial charge in [0.25, 0.3) is 0 Å². The first-order chi connectivity index (χ1) is 9.24. The van der Waals surface area contributed by atoms with Gasteiger partial charge in [0.2, 0.25) is 0 Å². The zero-order valence-electron chi connectivity index (χ0n) is 11.5. The van der Waals surface area contributed by atoms with Gasteiger partial charge in [-0.25, -0.2) is 4.79 Å². The van der Waals surface area contributed by atoms with Gasteiger partial charge in [0, 0.05) is 4.98 Å². The van der Waals surface area contributed by atoms with Crippen molar-refractivity contribution in [1.82, 2.24) is 14.9 Å². The predicted octanol–water partition coefficient (Wildman–Crippen LogP) is 1.08. The molecule has 0 radical (unpaired) electrons. The predicted molar refractivity (Wildman–Crippen MR) is 67.5 cm³/mol. The molecular weight excluding hydrogens is 268 g/mol. The molecule has 1 N–H and O–H groups in total. The summed E-state index contributed by atoms with van der Waals surface area (Å²) in [4.78, 5) is 25.1. The zero-order valence-corrected chi connectivity index (χ0v) is 11.5. The summed E-state index contributed by atoms with van der Waals surface area (Å²) in [6.45, 7) is 5.95. The summed E-state index contributed by atoms with van der Waals surface area (Å²) in [6, 6.07) is 0.188. The molecule has 0 aliphatic carbocycles. The molecule has 1 atom stereocenters. The number of hydrogen-bond acceptors (Lipinski definition) is 6. The third-order valence-corrected chi connectivity index (χ3v) is 2.46. The summed E-state index contributed by atoms with van der Waals surface area (Å²) in [7, 11) is 0. The molecule has 1 unspecified atom stereocenters. The van der Waals surface area contributed by atoms with Gasteiger partial charge in [-0.3, -0.25) is 4.57 Å². The van der Waals surface area contributed by atoms with Crippen LogP contribution >= 0.6 is 0 Å². The SMILES string of the molecule is CC(C)(C)OC(=O)NCC1Cn2cc([N+](=O)[O-])nc2O1. The average Bonchev–Trinajstić information content (AvgIpc) is 2.80. The molecule has 1 aromatic rings. The van der Waals surface area contributed by atoms with Crippen LogP contribution in [0.5, 0.6) is 6.01 Å². The number of nitrogens with zero attached hydrogens (tertiary/aromatic N) is 3. The second-order valence-corrected chi connectivity index (χ2v) is 5.41. The van der Waals surface area contributed by atoms with Crippen molar-refractivity contribution in [2.45, 2.75) is 39.0 Å². The van der Waals surface area contributed by atoms with Crippen LogP contribution in [-0.4, -0.2) is 38.8 Å². The topological polar surface area (TPSA) is 109 Å².